The molecular formula is C11H12N2OS. The van der Waals surface area contributed by atoms with E-state index in [0.717, 1.165) is 16.3 Å². The lowest BCUT2D eigenvalue weighted by Crippen LogP contribution is -2.01. The molecule has 1 unspecified atom stereocenters. The quantitative estimate of drug-likeness (QED) is 0.861. The van der Waals surface area contributed by atoms with E-state index in [1.807, 2.05) is 24.4 Å². The molecule has 2 heterocycles. The summed E-state index contributed by atoms with van der Waals surface area (Å²) in [5, 5.41) is 12.6. The van der Waals surface area contributed by atoms with Gasteiger partial charge in [0.25, 0.3) is 0 Å². The van der Waals surface area contributed by atoms with Crippen LogP contribution in [-0.4, -0.2) is 15.1 Å². The van der Waals surface area contributed by atoms with Crippen molar-refractivity contribution in [2.45, 2.75) is 19.4 Å². The molecule has 4 heteroatoms. The third kappa shape index (κ3) is 2.61. The molecule has 78 valence electrons. The second kappa shape index (κ2) is 4.51. The molecule has 0 aliphatic heterocycles. The highest BCUT2D eigenvalue weighted by Crippen LogP contribution is 2.21. The number of hydrogen-bond donors (Lipinski definition) is 1. The molecule has 2 rings (SSSR count). The van der Waals surface area contributed by atoms with Crippen LogP contribution in [0.1, 0.15) is 22.4 Å². The fourth-order valence-electron chi connectivity index (χ4n) is 1.35. The maximum absolute atomic E-state index is 9.91. The maximum Gasteiger partial charge on any atom is 0.122 e. The molecule has 0 amide bonds. The van der Waals surface area contributed by atoms with E-state index in [0.29, 0.717) is 6.42 Å². The number of rotatable bonds is 3. The topological polar surface area (TPSA) is 46.0 Å². The van der Waals surface area contributed by atoms with Gasteiger partial charge in [-0.1, -0.05) is 6.07 Å². The SMILES string of the molecule is Cc1csc(C(O)Cc2cccnc2)n1. The van der Waals surface area contributed by atoms with E-state index in [2.05, 4.69) is 9.97 Å². The third-order valence-corrected chi connectivity index (χ3v) is 3.14. The molecule has 0 radical (unpaired) electrons. The normalized spacial score (nSPS) is 12.7. The van der Waals surface area contributed by atoms with Gasteiger partial charge in [-0.15, -0.1) is 11.3 Å². The molecule has 2 aromatic heterocycles. The van der Waals surface area contributed by atoms with E-state index in [1.165, 1.54) is 11.3 Å². The highest BCUT2D eigenvalue weighted by Gasteiger charge is 2.11. The van der Waals surface area contributed by atoms with Crippen molar-refractivity contribution >= 4 is 11.3 Å². The fraction of sp³-hybridized carbons (Fsp3) is 0.273. The third-order valence-electron chi connectivity index (χ3n) is 2.07. The van der Waals surface area contributed by atoms with E-state index in [9.17, 15) is 5.11 Å². The molecule has 0 fully saturated rings. The zero-order valence-electron chi connectivity index (χ0n) is 8.42. The largest absolute Gasteiger partial charge is 0.386 e. The van der Waals surface area contributed by atoms with Gasteiger partial charge < -0.3 is 5.11 Å². The van der Waals surface area contributed by atoms with Crippen LogP contribution in [0.15, 0.2) is 29.9 Å². The van der Waals surface area contributed by atoms with Crippen molar-refractivity contribution in [1.82, 2.24) is 9.97 Å². The molecule has 0 spiro atoms. The number of pyridine rings is 1. The number of hydrogen-bond acceptors (Lipinski definition) is 4. The molecular weight excluding hydrogens is 208 g/mol. The van der Waals surface area contributed by atoms with Gasteiger partial charge in [0.05, 0.1) is 0 Å². The minimum absolute atomic E-state index is 0.520. The highest BCUT2D eigenvalue weighted by molar-refractivity contribution is 7.09. The van der Waals surface area contributed by atoms with Crippen molar-refractivity contribution in [2.75, 3.05) is 0 Å². The molecule has 1 atom stereocenters. The van der Waals surface area contributed by atoms with Crippen LogP contribution in [0.3, 0.4) is 0 Å². The lowest BCUT2D eigenvalue weighted by atomic mass is 10.1. The summed E-state index contributed by atoms with van der Waals surface area (Å²) in [4.78, 5) is 8.26. The van der Waals surface area contributed by atoms with Crippen LogP contribution in [0.2, 0.25) is 0 Å². The molecule has 15 heavy (non-hydrogen) atoms. The van der Waals surface area contributed by atoms with Crippen molar-refractivity contribution in [3.05, 3.63) is 46.2 Å². The van der Waals surface area contributed by atoms with Gasteiger partial charge in [0.2, 0.25) is 0 Å². The Morgan fingerprint density at radius 2 is 2.40 bits per heavy atom. The lowest BCUT2D eigenvalue weighted by molar-refractivity contribution is 0.178. The van der Waals surface area contributed by atoms with E-state index >= 15 is 0 Å². The van der Waals surface area contributed by atoms with Crippen molar-refractivity contribution in [3.63, 3.8) is 0 Å². The Morgan fingerprint density at radius 3 is 3.00 bits per heavy atom. The summed E-state index contributed by atoms with van der Waals surface area (Å²) in [6, 6.07) is 3.83. The number of aromatic nitrogens is 2. The van der Waals surface area contributed by atoms with Gasteiger partial charge in [0.1, 0.15) is 11.1 Å². The first kappa shape index (κ1) is 10.3. The first-order valence-electron chi connectivity index (χ1n) is 4.74. The van der Waals surface area contributed by atoms with E-state index in [4.69, 9.17) is 0 Å². The molecule has 0 aliphatic rings. The van der Waals surface area contributed by atoms with Crippen LogP contribution < -0.4 is 0 Å². The molecule has 1 N–H and O–H groups in total. The average molecular weight is 220 g/mol. The minimum atomic E-state index is -0.520. The minimum Gasteiger partial charge on any atom is -0.386 e. The Hall–Kier alpha value is -1.26. The zero-order chi connectivity index (χ0) is 10.7. The van der Waals surface area contributed by atoms with Crippen LogP contribution in [0.5, 0.6) is 0 Å². The smallest absolute Gasteiger partial charge is 0.122 e. The number of aliphatic hydroxyl groups is 1. The number of aryl methyl sites for hydroxylation is 1. The monoisotopic (exact) mass is 220 g/mol. The second-order valence-electron chi connectivity index (χ2n) is 3.41. The van der Waals surface area contributed by atoms with Gasteiger partial charge in [0, 0.05) is 29.9 Å². The second-order valence-corrected chi connectivity index (χ2v) is 4.30. The summed E-state index contributed by atoms with van der Waals surface area (Å²) in [5.41, 5.74) is 1.98. The summed E-state index contributed by atoms with van der Waals surface area (Å²) in [6.07, 6.45) is 3.54. The van der Waals surface area contributed by atoms with Gasteiger partial charge in [-0.25, -0.2) is 4.98 Å². The lowest BCUT2D eigenvalue weighted by Gasteiger charge is -2.06. The van der Waals surface area contributed by atoms with E-state index in [-0.39, 0.29) is 0 Å². The first-order chi connectivity index (χ1) is 7.25. The van der Waals surface area contributed by atoms with Crippen LogP contribution in [0.4, 0.5) is 0 Å². The predicted octanol–water partition coefficient (Wildman–Crippen LogP) is 2.12. The molecule has 2 aromatic rings. The van der Waals surface area contributed by atoms with Crippen LogP contribution in [0, 0.1) is 6.92 Å². The van der Waals surface area contributed by atoms with Gasteiger partial charge in [-0.2, -0.15) is 0 Å². The van der Waals surface area contributed by atoms with Crippen LogP contribution in [0.25, 0.3) is 0 Å². The summed E-state index contributed by atoms with van der Waals surface area (Å²) < 4.78 is 0. The highest BCUT2D eigenvalue weighted by atomic mass is 32.1. The molecule has 3 nitrogen and oxygen atoms in total. The number of nitrogens with zero attached hydrogens (tertiary/aromatic N) is 2. The zero-order valence-corrected chi connectivity index (χ0v) is 9.24. The van der Waals surface area contributed by atoms with Gasteiger partial charge >= 0.3 is 0 Å². The van der Waals surface area contributed by atoms with Crippen molar-refractivity contribution < 1.29 is 5.11 Å². The Bertz CT molecular complexity index is 427. The van der Waals surface area contributed by atoms with Gasteiger partial charge in [-0.05, 0) is 18.6 Å². The molecule has 0 saturated carbocycles. The van der Waals surface area contributed by atoms with Crippen LogP contribution in [-0.2, 0) is 6.42 Å². The van der Waals surface area contributed by atoms with Gasteiger partial charge in [-0.3, -0.25) is 4.98 Å². The van der Waals surface area contributed by atoms with E-state index in [1.54, 1.807) is 12.4 Å². The van der Waals surface area contributed by atoms with E-state index < -0.39 is 6.10 Å². The first-order valence-corrected chi connectivity index (χ1v) is 5.62. The summed E-state index contributed by atoms with van der Waals surface area (Å²) in [7, 11) is 0. The van der Waals surface area contributed by atoms with Crippen molar-refractivity contribution in [2.24, 2.45) is 0 Å². The van der Waals surface area contributed by atoms with Crippen molar-refractivity contribution in [3.8, 4) is 0 Å². The number of thiazole rings is 1. The standard InChI is InChI=1S/C11H12N2OS/c1-8-7-15-11(13-8)10(14)5-9-3-2-4-12-6-9/h2-4,6-7,10,14H,5H2,1H3. The summed E-state index contributed by atoms with van der Waals surface area (Å²) in [5.74, 6) is 0. The fourth-order valence-corrected chi connectivity index (χ4v) is 2.14. The Kier molecular flexibility index (Phi) is 3.08. The average Bonchev–Trinajstić information content (AvgIpc) is 2.66. The Labute approximate surface area is 92.5 Å². The Balaban J connectivity index is 2.07. The molecule has 0 bridgehead atoms. The Morgan fingerprint density at radius 1 is 1.53 bits per heavy atom. The molecule has 0 aliphatic carbocycles. The van der Waals surface area contributed by atoms with Gasteiger partial charge in [0.15, 0.2) is 0 Å². The molecule has 0 aromatic carbocycles. The summed E-state index contributed by atoms with van der Waals surface area (Å²) >= 11 is 1.50. The van der Waals surface area contributed by atoms with Crippen LogP contribution >= 0.6 is 11.3 Å². The molecule has 0 saturated heterocycles. The van der Waals surface area contributed by atoms with Crippen molar-refractivity contribution in [1.29, 1.82) is 0 Å². The predicted molar refractivity (Wildman–Crippen MR) is 59.8 cm³/mol. The maximum atomic E-state index is 9.91. The summed E-state index contributed by atoms with van der Waals surface area (Å²) in [6.45, 7) is 1.93. The number of aliphatic hydroxyl groups excluding tert-OH is 1.